The van der Waals surface area contributed by atoms with Crippen LogP contribution in [0.15, 0.2) is 12.1 Å². The number of rotatable bonds is 7. The van der Waals surface area contributed by atoms with Crippen LogP contribution >= 0.6 is 0 Å². The number of anilines is 1. The Morgan fingerprint density at radius 2 is 2.24 bits per heavy atom. The molecule has 0 aromatic carbocycles. The first-order valence-corrected chi connectivity index (χ1v) is 8.10. The molecule has 1 aromatic rings. The molecule has 0 spiro atoms. The summed E-state index contributed by atoms with van der Waals surface area (Å²) in [6.07, 6.45) is 2.42. The van der Waals surface area contributed by atoms with Crippen molar-refractivity contribution < 1.29 is 4.74 Å². The van der Waals surface area contributed by atoms with E-state index >= 15 is 0 Å². The van der Waals surface area contributed by atoms with E-state index in [-0.39, 0.29) is 0 Å². The van der Waals surface area contributed by atoms with Gasteiger partial charge in [-0.2, -0.15) is 0 Å². The van der Waals surface area contributed by atoms with Gasteiger partial charge >= 0.3 is 0 Å². The van der Waals surface area contributed by atoms with Crippen molar-refractivity contribution in [2.24, 2.45) is 5.92 Å². The third-order valence-electron chi connectivity index (χ3n) is 3.97. The quantitative estimate of drug-likeness (QED) is 0.838. The maximum atomic E-state index is 5.46. The number of nitrogens with one attached hydrogen (secondary N) is 1. The highest BCUT2D eigenvalue weighted by Crippen LogP contribution is 2.22. The molecule has 2 rings (SSSR count). The van der Waals surface area contributed by atoms with Crippen molar-refractivity contribution in [3.05, 3.63) is 23.4 Å². The van der Waals surface area contributed by atoms with Crippen LogP contribution in [0.2, 0.25) is 0 Å². The zero-order chi connectivity index (χ0) is 15.2. The van der Waals surface area contributed by atoms with Gasteiger partial charge in [0.25, 0.3) is 0 Å². The summed E-state index contributed by atoms with van der Waals surface area (Å²) in [7, 11) is 1.80. The van der Waals surface area contributed by atoms with E-state index in [2.05, 4.69) is 43.1 Å². The Kier molecular flexibility index (Phi) is 6.00. The molecule has 0 saturated carbocycles. The lowest BCUT2D eigenvalue weighted by molar-refractivity contribution is 0.121. The zero-order valence-corrected chi connectivity index (χ0v) is 13.9. The van der Waals surface area contributed by atoms with Crippen molar-refractivity contribution in [3.63, 3.8) is 0 Å². The Balaban J connectivity index is 2.06. The zero-order valence-electron chi connectivity index (χ0n) is 13.9. The molecule has 1 unspecified atom stereocenters. The summed E-state index contributed by atoms with van der Waals surface area (Å²) in [6.45, 7) is 10.6. The highest BCUT2D eigenvalue weighted by molar-refractivity contribution is 5.44. The molecular weight excluding hydrogens is 262 g/mol. The first-order chi connectivity index (χ1) is 10.1. The summed E-state index contributed by atoms with van der Waals surface area (Å²) in [6, 6.07) is 4.45. The smallest absolute Gasteiger partial charge is 0.129 e. The lowest BCUT2D eigenvalue weighted by atomic mass is 10.1. The second kappa shape index (κ2) is 7.76. The topological polar surface area (TPSA) is 37.4 Å². The van der Waals surface area contributed by atoms with Crippen molar-refractivity contribution in [3.8, 4) is 0 Å². The van der Waals surface area contributed by atoms with Gasteiger partial charge in [0.2, 0.25) is 0 Å². The Bertz CT molecular complexity index is 448. The maximum absolute atomic E-state index is 5.46. The number of methoxy groups -OCH3 is 1. The van der Waals surface area contributed by atoms with E-state index in [1.807, 2.05) is 0 Å². The Morgan fingerprint density at radius 1 is 1.43 bits per heavy atom. The fourth-order valence-corrected chi connectivity index (χ4v) is 2.71. The number of aryl methyl sites for hydroxylation is 1. The predicted molar refractivity (Wildman–Crippen MR) is 87.8 cm³/mol. The lowest BCUT2D eigenvalue weighted by Gasteiger charge is -2.19. The Labute approximate surface area is 128 Å². The Hall–Kier alpha value is -1.13. The summed E-state index contributed by atoms with van der Waals surface area (Å²) in [5.41, 5.74) is 2.51. The molecule has 1 fully saturated rings. The van der Waals surface area contributed by atoms with Crippen LogP contribution in [0.5, 0.6) is 0 Å². The standard InChI is InChI=1S/C17H29N3O/c1-5-15-8-14(11-18-10-13(2)3)9-17(19-15)20-7-6-16(12-20)21-4/h8-9,13,16,18H,5-7,10-12H2,1-4H3. The van der Waals surface area contributed by atoms with E-state index in [0.717, 1.165) is 44.8 Å². The van der Waals surface area contributed by atoms with Crippen LogP contribution in [0.4, 0.5) is 5.82 Å². The normalized spacial score (nSPS) is 18.7. The number of hydrogen-bond donors (Lipinski definition) is 1. The largest absolute Gasteiger partial charge is 0.380 e. The van der Waals surface area contributed by atoms with Gasteiger partial charge in [-0.15, -0.1) is 0 Å². The molecule has 1 aliphatic rings. The molecule has 1 atom stereocenters. The molecule has 4 nitrogen and oxygen atoms in total. The molecular formula is C17H29N3O. The Morgan fingerprint density at radius 3 is 2.86 bits per heavy atom. The molecule has 21 heavy (non-hydrogen) atoms. The fraction of sp³-hybridized carbons (Fsp3) is 0.706. The summed E-state index contributed by atoms with van der Waals surface area (Å²) in [5, 5.41) is 3.52. The van der Waals surface area contributed by atoms with Crippen LogP contribution in [-0.4, -0.2) is 37.8 Å². The van der Waals surface area contributed by atoms with Gasteiger partial charge in [0.05, 0.1) is 6.10 Å². The van der Waals surface area contributed by atoms with E-state index < -0.39 is 0 Å². The molecule has 2 heterocycles. The average molecular weight is 291 g/mol. The van der Waals surface area contributed by atoms with Crippen molar-refractivity contribution >= 4 is 5.82 Å². The first kappa shape index (κ1) is 16.2. The number of hydrogen-bond acceptors (Lipinski definition) is 4. The van der Waals surface area contributed by atoms with Gasteiger partial charge in [-0.1, -0.05) is 20.8 Å². The number of ether oxygens (including phenoxy) is 1. The highest BCUT2D eigenvalue weighted by atomic mass is 16.5. The van der Waals surface area contributed by atoms with Gasteiger partial charge in [0.15, 0.2) is 0 Å². The van der Waals surface area contributed by atoms with Crippen LogP contribution in [0.25, 0.3) is 0 Å². The molecule has 4 heteroatoms. The molecule has 0 aliphatic carbocycles. The van der Waals surface area contributed by atoms with E-state index in [9.17, 15) is 0 Å². The van der Waals surface area contributed by atoms with Crippen LogP contribution in [0.3, 0.4) is 0 Å². The predicted octanol–water partition coefficient (Wildman–Crippen LogP) is 2.61. The van der Waals surface area contributed by atoms with Crippen LogP contribution in [0.1, 0.15) is 38.4 Å². The molecule has 1 aliphatic heterocycles. The minimum absolute atomic E-state index is 0.347. The summed E-state index contributed by atoms with van der Waals surface area (Å²) in [5.74, 6) is 1.79. The second-order valence-corrected chi connectivity index (χ2v) is 6.30. The third kappa shape index (κ3) is 4.68. The van der Waals surface area contributed by atoms with E-state index in [1.54, 1.807) is 7.11 Å². The third-order valence-corrected chi connectivity index (χ3v) is 3.97. The molecule has 1 saturated heterocycles. The van der Waals surface area contributed by atoms with Crippen LogP contribution < -0.4 is 10.2 Å². The maximum Gasteiger partial charge on any atom is 0.129 e. The van der Waals surface area contributed by atoms with Crippen molar-refractivity contribution in [2.45, 2.75) is 46.3 Å². The second-order valence-electron chi connectivity index (χ2n) is 6.30. The molecule has 1 N–H and O–H groups in total. The monoisotopic (exact) mass is 291 g/mol. The summed E-state index contributed by atoms with van der Waals surface area (Å²) < 4.78 is 5.46. The minimum Gasteiger partial charge on any atom is -0.380 e. The van der Waals surface area contributed by atoms with E-state index in [4.69, 9.17) is 9.72 Å². The fourth-order valence-electron chi connectivity index (χ4n) is 2.71. The number of nitrogens with zero attached hydrogens (tertiary/aromatic N) is 2. The lowest BCUT2D eigenvalue weighted by Crippen LogP contribution is -2.24. The van der Waals surface area contributed by atoms with Gasteiger partial charge in [-0.05, 0) is 43.0 Å². The van der Waals surface area contributed by atoms with Crippen molar-refractivity contribution in [1.29, 1.82) is 0 Å². The van der Waals surface area contributed by atoms with E-state index in [1.165, 1.54) is 11.3 Å². The highest BCUT2D eigenvalue weighted by Gasteiger charge is 2.23. The van der Waals surface area contributed by atoms with Crippen molar-refractivity contribution in [2.75, 3.05) is 31.6 Å². The van der Waals surface area contributed by atoms with Gasteiger partial charge in [-0.3, -0.25) is 0 Å². The summed E-state index contributed by atoms with van der Waals surface area (Å²) in [4.78, 5) is 7.13. The van der Waals surface area contributed by atoms with Crippen LogP contribution in [0, 0.1) is 5.92 Å². The van der Waals surface area contributed by atoms with Gasteiger partial charge in [0, 0.05) is 32.4 Å². The van der Waals surface area contributed by atoms with Crippen LogP contribution in [-0.2, 0) is 17.7 Å². The number of pyridine rings is 1. The molecule has 0 amide bonds. The average Bonchev–Trinajstić information content (AvgIpc) is 2.95. The van der Waals surface area contributed by atoms with Gasteiger partial charge in [0.1, 0.15) is 5.82 Å². The van der Waals surface area contributed by atoms with E-state index in [0.29, 0.717) is 12.0 Å². The SMILES string of the molecule is CCc1cc(CNCC(C)C)cc(N2CCC(OC)C2)n1. The van der Waals surface area contributed by atoms with Gasteiger partial charge < -0.3 is 15.0 Å². The first-order valence-electron chi connectivity index (χ1n) is 8.10. The molecule has 118 valence electrons. The molecule has 1 aromatic heterocycles. The molecule has 0 bridgehead atoms. The molecule has 0 radical (unpaired) electrons. The summed E-state index contributed by atoms with van der Waals surface area (Å²) >= 11 is 0. The number of aromatic nitrogens is 1. The van der Waals surface area contributed by atoms with Gasteiger partial charge in [-0.25, -0.2) is 4.98 Å². The van der Waals surface area contributed by atoms with Crippen molar-refractivity contribution in [1.82, 2.24) is 10.3 Å². The minimum atomic E-state index is 0.347.